The lowest BCUT2D eigenvalue weighted by Crippen LogP contribution is -2.47. The molecule has 2 unspecified atom stereocenters. The van der Waals surface area contributed by atoms with Gasteiger partial charge in [-0.05, 0) is 38.6 Å². The number of hydrogen-bond acceptors (Lipinski definition) is 3. The summed E-state index contributed by atoms with van der Waals surface area (Å²) >= 11 is 0. The molecule has 1 N–H and O–H groups in total. The molecule has 1 aromatic rings. The minimum Gasteiger partial charge on any atom is -0.313 e. The zero-order valence-corrected chi connectivity index (χ0v) is 12.3. The molecule has 0 aromatic carbocycles. The van der Waals surface area contributed by atoms with Crippen LogP contribution in [-0.4, -0.2) is 35.6 Å². The Morgan fingerprint density at radius 1 is 1.26 bits per heavy atom. The first-order valence-electron chi connectivity index (χ1n) is 7.64. The Morgan fingerprint density at radius 3 is 2.84 bits per heavy atom. The highest BCUT2D eigenvalue weighted by Gasteiger charge is 2.26. The first-order valence-corrected chi connectivity index (χ1v) is 7.64. The number of nitrogens with zero attached hydrogens (tertiary/aromatic N) is 2. The minimum atomic E-state index is 0.640. The standard InChI is InChI=1S/C16H27N3/c1-3-17-15-10-5-4-6-11-16(15)19(2)13-14-9-7-8-12-18-14/h7-9,12,15-17H,3-6,10-11,13H2,1-2H3. The number of rotatable bonds is 5. The topological polar surface area (TPSA) is 28.2 Å². The van der Waals surface area contributed by atoms with E-state index in [2.05, 4.69) is 41.3 Å². The van der Waals surface area contributed by atoms with Gasteiger partial charge in [0.05, 0.1) is 5.69 Å². The number of likely N-dealkylation sites (N-methyl/N-ethyl adjacent to an activating group) is 2. The molecule has 2 rings (SSSR count). The van der Waals surface area contributed by atoms with Crippen LogP contribution in [0.5, 0.6) is 0 Å². The molecule has 1 heterocycles. The van der Waals surface area contributed by atoms with Gasteiger partial charge in [-0.1, -0.05) is 32.3 Å². The molecule has 1 aliphatic carbocycles. The van der Waals surface area contributed by atoms with E-state index in [1.54, 1.807) is 0 Å². The Hall–Kier alpha value is -0.930. The Kier molecular flexibility index (Phi) is 5.80. The summed E-state index contributed by atoms with van der Waals surface area (Å²) in [5, 5.41) is 3.68. The number of nitrogens with one attached hydrogen (secondary N) is 1. The Bertz CT molecular complexity index is 352. The summed E-state index contributed by atoms with van der Waals surface area (Å²) in [7, 11) is 2.25. The summed E-state index contributed by atoms with van der Waals surface area (Å²) in [6.07, 6.45) is 8.62. The highest BCUT2D eigenvalue weighted by Crippen LogP contribution is 2.22. The second kappa shape index (κ2) is 7.61. The molecule has 106 valence electrons. The molecule has 1 saturated carbocycles. The molecule has 0 spiro atoms. The normalized spacial score (nSPS) is 24.4. The predicted octanol–water partition coefficient (Wildman–Crippen LogP) is 2.82. The van der Waals surface area contributed by atoms with Crippen LogP contribution in [0.15, 0.2) is 24.4 Å². The lowest BCUT2D eigenvalue weighted by atomic mass is 10.0. The van der Waals surface area contributed by atoms with E-state index in [-0.39, 0.29) is 0 Å². The molecule has 1 aromatic heterocycles. The summed E-state index contributed by atoms with van der Waals surface area (Å²) in [4.78, 5) is 6.93. The quantitative estimate of drug-likeness (QED) is 0.826. The molecular weight excluding hydrogens is 234 g/mol. The van der Waals surface area contributed by atoms with Gasteiger partial charge in [0.25, 0.3) is 0 Å². The molecule has 0 aliphatic heterocycles. The maximum absolute atomic E-state index is 4.45. The largest absolute Gasteiger partial charge is 0.313 e. The fraction of sp³-hybridized carbons (Fsp3) is 0.688. The van der Waals surface area contributed by atoms with E-state index in [0.29, 0.717) is 12.1 Å². The van der Waals surface area contributed by atoms with Crippen molar-refractivity contribution in [2.45, 2.75) is 57.7 Å². The van der Waals surface area contributed by atoms with Crippen LogP contribution < -0.4 is 5.32 Å². The SMILES string of the molecule is CCNC1CCCCCC1N(C)Cc1ccccn1. The molecule has 3 heteroatoms. The van der Waals surface area contributed by atoms with Crippen molar-refractivity contribution in [2.75, 3.05) is 13.6 Å². The monoisotopic (exact) mass is 261 g/mol. The third-order valence-corrected chi connectivity index (χ3v) is 4.15. The zero-order valence-electron chi connectivity index (χ0n) is 12.3. The highest BCUT2D eigenvalue weighted by molar-refractivity contribution is 5.03. The maximum atomic E-state index is 4.45. The lowest BCUT2D eigenvalue weighted by molar-refractivity contribution is 0.174. The van der Waals surface area contributed by atoms with E-state index in [4.69, 9.17) is 0 Å². The summed E-state index contributed by atoms with van der Waals surface area (Å²) < 4.78 is 0. The van der Waals surface area contributed by atoms with Crippen LogP contribution in [-0.2, 0) is 6.54 Å². The molecule has 1 aliphatic rings. The van der Waals surface area contributed by atoms with Crippen molar-refractivity contribution in [2.24, 2.45) is 0 Å². The Balaban J connectivity index is 1.99. The Labute approximate surface area is 117 Å². The third-order valence-electron chi connectivity index (χ3n) is 4.15. The van der Waals surface area contributed by atoms with E-state index in [1.165, 1.54) is 37.8 Å². The summed E-state index contributed by atoms with van der Waals surface area (Å²) in [6, 6.07) is 7.46. The maximum Gasteiger partial charge on any atom is 0.0543 e. The average molecular weight is 261 g/mol. The Morgan fingerprint density at radius 2 is 2.11 bits per heavy atom. The fourth-order valence-electron chi connectivity index (χ4n) is 3.18. The van der Waals surface area contributed by atoms with E-state index in [9.17, 15) is 0 Å². The molecule has 0 amide bonds. The van der Waals surface area contributed by atoms with Gasteiger partial charge < -0.3 is 5.32 Å². The van der Waals surface area contributed by atoms with Crippen LogP contribution in [0.1, 0.15) is 44.7 Å². The highest BCUT2D eigenvalue weighted by atomic mass is 15.2. The van der Waals surface area contributed by atoms with Crippen molar-refractivity contribution in [1.82, 2.24) is 15.2 Å². The minimum absolute atomic E-state index is 0.640. The first kappa shape index (κ1) is 14.5. The van der Waals surface area contributed by atoms with Crippen LogP contribution in [0.25, 0.3) is 0 Å². The van der Waals surface area contributed by atoms with Gasteiger partial charge >= 0.3 is 0 Å². The van der Waals surface area contributed by atoms with Gasteiger partial charge in [0.2, 0.25) is 0 Å². The molecule has 0 bridgehead atoms. The summed E-state index contributed by atoms with van der Waals surface area (Å²) in [5.74, 6) is 0. The number of hydrogen-bond donors (Lipinski definition) is 1. The van der Waals surface area contributed by atoms with Gasteiger partial charge in [0, 0.05) is 24.8 Å². The van der Waals surface area contributed by atoms with Crippen LogP contribution in [0.2, 0.25) is 0 Å². The van der Waals surface area contributed by atoms with Crippen molar-refractivity contribution in [3.8, 4) is 0 Å². The van der Waals surface area contributed by atoms with E-state index < -0.39 is 0 Å². The molecular formula is C16H27N3. The number of pyridine rings is 1. The molecule has 2 atom stereocenters. The van der Waals surface area contributed by atoms with Gasteiger partial charge in [-0.2, -0.15) is 0 Å². The second-order valence-electron chi connectivity index (χ2n) is 5.61. The van der Waals surface area contributed by atoms with Gasteiger partial charge in [-0.15, -0.1) is 0 Å². The van der Waals surface area contributed by atoms with Gasteiger partial charge in [0.1, 0.15) is 0 Å². The number of aromatic nitrogens is 1. The van der Waals surface area contributed by atoms with E-state index in [1.807, 2.05) is 12.3 Å². The molecule has 1 fully saturated rings. The third kappa shape index (κ3) is 4.29. The lowest BCUT2D eigenvalue weighted by Gasteiger charge is -2.34. The molecule has 0 radical (unpaired) electrons. The van der Waals surface area contributed by atoms with Crippen LogP contribution in [0.4, 0.5) is 0 Å². The smallest absolute Gasteiger partial charge is 0.0543 e. The molecule has 0 saturated heterocycles. The molecule has 3 nitrogen and oxygen atoms in total. The van der Waals surface area contributed by atoms with Crippen LogP contribution in [0, 0.1) is 0 Å². The van der Waals surface area contributed by atoms with E-state index in [0.717, 1.165) is 13.1 Å². The molecule has 19 heavy (non-hydrogen) atoms. The average Bonchev–Trinajstić information content (AvgIpc) is 2.66. The summed E-state index contributed by atoms with van der Waals surface area (Å²) in [6.45, 7) is 4.23. The van der Waals surface area contributed by atoms with Crippen molar-refractivity contribution < 1.29 is 0 Å². The van der Waals surface area contributed by atoms with Crippen molar-refractivity contribution in [3.05, 3.63) is 30.1 Å². The van der Waals surface area contributed by atoms with E-state index >= 15 is 0 Å². The van der Waals surface area contributed by atoms with Gasteiger partial charge in [0.15, 0.2) is 0 Å². The van der Waals surface area contributed by atoms with Gasteiger partial charge in [-0.25, -0.2) is 0 Å². The first-order chi connectivity index (χ1) is 9.31. The van der Waals surface area contributed by atoms with Crippen LogP contribution >= 0.6 is 0 Å². The van der Waals surface area contributed by atoms with Crippen molar-refractivity contribution >= 4 is 0 Å². The van der Waals surface area contributed by atoms with Crippen LogP contribution in [0.3, 0.4) is 0 Å². The van der Waals surface area contributed by atoms with Gasteiger partial charge in [-0.3, -0.25) is 9.88 Å². The fourth-order valence-corrected chi connectivity index (χ4v) is 3.18. The summed E-state index contributed by atoms with van der Waals surface area (Å²) in [5.41, 5.74) is 1.17. The zero-order chi connectivity index (χ0) is 13.5. The predicted molar refractivity (Wildman–Crippen MR) is 80.0 cm³/mol. The van der Waals surface area contributed by atoms with Crippen molar-refractivity contribution in [3.63, 3.8) is 0 Å². The van der Waals surface area contributed by atoms with Crippen molar-refractivity contribution in [1.29, 1.82) is 0 Å². The second-order valence-corrected chi connectivity index (χ2v) is 5.61.